The molecule has 0 spiro atoms. The summed E-state index contributed by atoms with van der Waals surface area (Å²) in [5, 5.41) is 3.38. The average molecular weight is 251 g/mol. The molecule has 0 amide bonds. The highest BCUT2D eigenvalue weighted by molar-refractivity contribution is 5.77. The lowest BCUT2D eigenvalue weighted by Gasteiger charge is -2.11. The number of imidazole rings is 1. The van der Waals surface area contributed by atoms with Crippen LogP contribution in [0.4, 0.5) is 0 Å². The first kappa shape index (κ1) is 11.9. The third-order valence-electron chi connectivity index (χ3n) is 3.27. The third-order valence-corrected chi connectivity index (χ3v) is 3.27. The fourth-order valence-electron chi connectivity index (χ4n) is 2.31. The molecule has 0 aliphatic rings. The van der Waals surface area contributed by atoms with Gasteiger partial charge < -0.3 is 5.32 Å². The van der Waals surface area contributed by atoms with Crippen molar-refractivity contribution in [2.45, 2.75) is 13.5 Å². The molecule has 0 saturated heterocycles. The number of para-hydroxylation sites is 3. The average Bonchev–Trinajstić information content (AvgIpc) is 2.89. The fraction of sp³-hybridized carbons (Fsp3) is 0.188. The van der Waals surface area contributed by atoms with E-state index in [1.54, 1.807) is 0 Å². The van der Waals surface area contributed by atoms with Gasteiger partial charge in [0.25, 0.3) is 0 Å². The van der Waals surface area contributed by atoms with Gasteiger partial charge >= 0.3 is 0 Å². The molecule has 1 heterocycles. The Balaban J connectivity index is 2.11. The number of rotatable bonds is 4. The summed E-state index contributed by atoms with van der Waals surface area (Å²) in [5.74, 6) is 0. The molecule has 0 aliphatic heterocycles. The van der Waals surface area contributed by atoms with E-state index in [1.807, 2.05) is 24.5 Å². The predicted molar refractivity (Wildman–Crippen MR) is 78.5 cm³/mol. The quantitative estimate of drug-likeness (QED) is 0.772. The maximum atomic E-state index is 4.46. The zero-order chi connectivity index (χ0) is 13.1. The van der Waals surface area contributed by atoms with Gasteiger partial charge in [-0.15, -0.1) is 0 Å². The van der Waals surface area contributed by atoms with Crippen molar-refractivity contribution in [3.05, 3.63) is 60.4 Å². The van der Waals surface area contributed by atoms with E-state index in [2.05, 4.69) is 52.1 Å². The van der Waals surface area contributed by atoms with E-state index in [-0.39, 0.29) is 0 Å². The summed E-state index contributed by atoms with van der Waals surface area (Å²) in [6.45, 7) is 3.97. The fourth-order valence-corrected chi connectivity index (χ4v) is 2.31. The van der Waals surface area contributed by atoms with Crippen LogP contribution >= 0.6 is 0 Å². The third kappa shape index (κ3) is 2.25. The first-order chi connectivity index (χ1) is 9.40. The Morgan fingerprint density at radius 2 is 1.84 bits per heavy atom. The molecule has 0 radical (unpaired) electrons. The number of nitrogens with one attached hydrogen (secondary N) is 1. The predicted octanol–water partition coefficient (Wildman–Crippen LogP) is 3.14. The lowest BCUT2D eigenvalue weighted by Crippen LogP contribution is -2.13. The maximum absolute atomic E-state index is 4.46. The largest absolute Gasteiger partial charge is 0.313 e. The molecule has 2 aromatic carbocycles. The van der Waals surface area contributed by atoms with Gasteiger partial charge in [-0.25, -0.2) is 4.98 Å². The molecule has 0 aliphatic carbocycles. The van der Waals surface area contributed by atoms with Crippen molar-refractivity contribution in [3.63, 3.8) is 0 Å². The van der Waals surface area contributed by atoms with Gasteiger partial charge in [0.15, 0.2) is 0 Å². The van der Waals surface area contributed by atoms with E-state index < -0.39 is 0 Å². The molecule has 1 N–H and O–H groups in total. The van der Waals surface area contributed by atoms with E-state index in [1.165, 1.54) is 11.3 Å². The minimum Gasteiger partial charge on any atom is -0.313 e. The van der Waals surface area contributed by atoms with Gasteiger partial charge in [-0.3, -0.25) is 4.57 Å². The van der Waals surface area contributed by atoms with Crippen LogP contribution in [0.25, 0.3) is 16.7 Å². The standard InChI is InChI=1S/C16H17N3/c1-2-17-11-13-7-3-5-9-15(13)19-12-18-14-8-4-6-10-16(14)19/h3-10,12,17H,2,11H2,1H3. The summed E-state index contributed by atoms with van der Waals surface area (Å²) in [5.41, 5.74) is 4.65. The molecule has 0 atom stereocenters. The molecule has 0 saturated carbocycles. The van der Waals surface area contributed by atoms with Crippen molar-refractivity contribution in [1.29, 1.82) is 0 Å². The summed E-state index contributed by atoms with van der Waals surface area (Å²) in [6, 6.07) is 16.7. The van der Waals surface area contributed by atoms with Gasteiger partial charge in [0, 0.05) is 6.54 Å². The zero-order valence-electron chi connectivity index (χ0n) is 11.0. The van der Waals surface area contributed by atoms with Gasteiger partial charge in [0.05, 0.1) is 16.7 Å². The summed E-state index contributed by atoms with van der Waals surface area (Å²) in [4.78, 5) is 4.46. The number of hydrogen-bond donors (Lipinski definition) is 1. The molecule has 0 unspecified atom stereocenters. The molecule has 96 valence electrons. The van der Waals surface area contributed by atoms with Crippen LogP contribution in [0.15, 0.2) is 54.9 Å². The Morgan fingerprint density at radius 1 is 1.05 bits per heavy atom. The van der Waals surface area contributed by atoms with Crippen LogP contribution < -0.4 is 5.32 Å². The van der Waals surface area contributed by atoms with Crippen molar-refractivity contribution in [1.82, 2.24) is 14.9 Å². The molecule has 0 bridgehead atoms. The summed E-state index contributed by atoms with van der Waals surface area (Å²) in [7, 11) is 0. The lowest BCUT2D eigenvalue weighted by atomic mass is 10.1. The number of benzene rings is 2. The minimum atomic E-state index is 0.874. The van der Waals surface area contributed by atoms with E-state index >= 15 is 0 Å². The molecular weight excluding hydrogens is 234 g/mol. The first-order valence-corrected chi connectivity index (χ1v) is 6.61. The summed E-state index contributed by atoms with van der Waals surface area (Å²) < 4.78 is 2.15. The second-order valence-electron chi connectivity index (χ2n) is 4.51. The van der Waals surface area contributed by atoms with Crippen LogP contribution in [0.1, 0.15) is 12.5 Å². The van der Waals surface area contributed by atoms with Crippen molar-refractivity contribution in [2.75, 3.05) is 6.54 Å². The Kier molecular flexibility index (Phi) is 3.29. The maximum Gasteiger partial charge on any atom is 0.100 e. The van der Waals surface area contributed by atoms with Crippen LogP contribution in [-0.4, -0.2) is 16.1 Å². The highest BCUT2D eigenvalue weighted by Crippen LogP contribution is 2.20. The molecule has 1 aromatic heterocycles. The van der Waals surface area contributed by atoms with Gasteiger partial charge in [-0.2, -0.15) is 0 Å². The van der Waals surface area contributed by atoms with Crippen LogP contribution in [0.5, 0.6) is 0 Å². The normalized spacial score (nSPS) is 11.0. The minimum absolute atomic E-state index is 0.874. The summed E-state index contributed by atoms with van der Waals surface area (Å²) >= 11 is 0. The SMILES string of the molecule is CCNCc1ccccc1-n1cnc2ccccc21. The van der Waals surface area contributed by atoms with Crippen LogP contribution in [0.2, 0.25) is 0 Å². The highest BCUT2D eigenvalue weighted by atomic mass is 15.1. The molecule has 3 aromatic rings. The Labute approximate surface area is 112 Å². The molecule has 3 rings (SSSR count). The van der Waals surface area contributed by atoms with Gasteiger partial charge in [0.1, 0.15) is 6.33 Å². The van der Waals surface area contributed by atoms with E-state index in [4.69, 9.17) is 0 Å². The Bertz CT molecular complexity index is 685. The Morgan fingerprint density at radius 3 is 2.74 bits per heavy atom. The van der Waals surface area contributed by atoms with Gasteiger partial charge in [0.2, 0.25) is 0 Å². The van der Waals surface area contributed by atoms with Gasteiger partial charge in [-0.05, 0) is 30.3 Å². The topological polar surface area (TPSA) is 29.9 Å². The van der Waals surface area contributed by atoms with Crippen LogP contribution in [0, 0.1) is 0 Å². The van der Waals surface area contributed by atoms with Crippen molar-refractivity contribution in [2.24, 2.45) is 0 Å². The molecule has 19 heavy (non-hydrogen) atoms. The molecule has 0 fully saturated rings. The van der Waals surface area contributed by atoms with Crippen molar-refractivity contribution >= 4 is 11.0 Å². The van der Waals surface area contributed by atoms with E-state index in [9.17, 15) is 0 Å². The first-order valence-electron chi connectivity index (χ1n) is 6.61. The van der Waals surface area contributed by atoms with Crippen LogP contribution in [-0.2, 0) is 6.54 Å². The number of nitrogens with zero attached hydrogens (tertiary/aromatic N) is 2. The second-order valence-corrected chi connectivity index (χ2v) is 4.51. The monoisotopic (exact) mass is 251 g/mol. The summed E-state index contributed by atoms with van der Waals surface area (Å²) in [6.07, 6.45) is 1.90. The number of aromatic nitrogens is 2. The van der Waals surface area contributed by atoms with E-state index in [0.717, 1.165) is 24.1 Å². The lowest BCUT2D eigenvalue weighted by molar-refractivity contribution is 0.723. The number of fused-ring (bicyclic) bond motifs is 1. The molecule has 3 heteroatoms. The smallest absolute Gasteiger partial charge is 0.100 e. The highest BCUT2D eigenvalue weighted by Gasteiger charge is 2.07. The second kappa shape index (κ2) is 5.24. The zero-order valence-corrected chi connectivity index (χ0v) is 11.0. The molecule has 3 nitrogen and oxygen atoms in total. The van der Waals surface area contributed by atoms with Crippen molar-refractivity contribution in [3.8, 4) is 5.69 Å². The van der Waals surface area contributed by atoms with Gasteiger partial charge in [-0.1, -0.05) is 37.3 Å². The van der Waals surface area contributed by atoms with Crippen LogP contribution in [0.3, 0.4) is 0 Å². The van der Waals surface area contributed by atoms with Crippen molar-refractivity contribution < 1.29 is 0 Å². The molecular formula is C16H17N3. The number of hydrogen-bond acceptors (Lipinski definition) is 2. The Hall–Kier alpha value is -2.13. The van der Waals surface area contributed by atoms with E-state index in [0.29, 0.717) is 0 Å².